The number of rotatable bonds is 7. The lowest BCUT2D eigenvalue weighted by molar-refractivity contribution is 0.00601. The largest absolute Gasteiger partial charge is 0.493 e. The van der Waals surface area contributed by atoms with Gasteiger partial charge in [-0.25, -0.2) is 0 Å². The zero-order chi connectivity index (χ0) is 19.4. The number of carbonyl (C=O) groups is 1. The normalized spacial score (nSPS) is 23.3. The van der Waals surface area contributed by atoms with Gasteiger partial charge >= 0.3 is 0 Å². The number of ether oxygens (including phenoxy) is 1. The highest BCUT2D eigenvalue weighted by atomic mass is 16.5. The zero-order valence-corrected chi connectivity index (χ0v) is 17.3. The lowest BCUT2D eigenvalue weighted by Crippen LogP contribution is -2.62. The zero-order valence-electron chi connectivity index (χ0n) is 17.3. The second-order valence-electron chi connectivity index (χ2n) is 8.65. The first-order valence-corrected chi connectivity index (χ1v) is 11.2. The van der Waals surface area contributed by atoms with Gasteiger partial charge in [0.1, 0.15) is 5.75 Å². The van der Waals surface area contributed by atoms with Crippen LogP contribution < -0.4 is 10.1 Å². The van der Waals surface area contributed by atoms with E-state index in [0.29, 0.717) is 17.9 Å². The molecule has 1 N–H and O–H groups in total. The summed E-state index contributed by atoms with van der Waals surface area (Å²) >= 11 is 0. The summed E-state index contributed by atoms with van der Waals surface area (Å²) < 4.78 is 5.65. The summed E-state index contributed by atoms with van der Waals surface area (Å²) in [5, 5.41) is 3.28. The molecule has 1 aliphatic heterocycles. The summed E-state index contributed by atoms with van der Waals surface area (Å²) in [5.41, 5.74) is 0.776. The van der Waals surface area contributed by atoms with Crippen molar-refractivity contribution in [3.05, 3.63) is 29.8 Å². The van der Waals surface area contributed by atoms with E-state index < -0.39 is 0 Å². The molecule has 2 saturated carbocycles. The molecule has 3 aliphatic rings. The van der Waals surface area contributed by atoms with Gasteiger partial charge in [-0.05, 0) is 44.7 Å². The maximum Gasteiger partial charge on any atom is 0.255 e. The Hall–Kier alpha value is -1.59. The highest BCUT2D eigenvalue weighted by Crippen LogP contribution is 2.36. The van der Waals surface area contributed by atoms with Gasteiger partial charge in [-0.1, -0.05) is 31.4 Å². The molecule has 0 unspecified atom stereocenters. The van der Waals surface area contributed by atoms with Crippen molar-refractivity contribution in [3.63, 3.8) is 0 Å². The molecule has 4 rings (SSSR count). The molecule has 2 aliphatic carbocycles. The van der Waals surface area contributed by atoms with Gasteiger partial charge in [0.2, 0.25) is 0 Å². The van der Waals surface area contributed by atoms with Crippen LogP contribution in [0.1, 0.15) is 62.2 Å². The van der Waals surface area contributed by atoms with Crippen LogP contribution in [0.15, 0.2) is 24.3 Å². The second kappa shape index (κ2) is 8.83. The van der Waals surface area contributed by atoms with Crippen molar-refractivity contribution < 1.29 is 9.53 Å². The molecule has 0 atom stereocenters. The third-order valence-electron chi connectivity index (χ3n) is 6.84. The van der Waals surface area contributed by atoms with Crippen molar-refractivity contribution in [2.45, 2.75) is 63.5 Å². The number of carbonyl (C=O) groups excluding carboxylic acids is 1. The number of nitrogens with zero attached hydrogens (tertiary/aromatic N) is 2. The Bertz CT molecular complexity index is 660. The van der Waals surface area contributed by atoms with E-state index >= 15 is 0 Å². The van der Waals surface area contributed by atoms with E-state index in [-0.39, 0.29) is 11.4 Å². The predicted octanol–water partition coefficient (Wildman–Crippen LogP) is 3.30. The first kappa shape index (κ1) is 19.7. The molecule has 5 heteroatoms. The molecule has 1 saturated heterocycles. The van der Waals surface area contributed by atoms with Crippen molar-refractivity contribution in [3.8, 4) is 5.75 Å². The SMILES string of the molecule is CCOc1ccccc1C(=O)NCC1(N2CCN(C3CC3)CC2)CCCCC1. The standard InChI is InChI=1S/C23H35N3O2/c1-2-28-21-9-5-4-8-20(21)22(27)24-18-23(12-6-3-7-13-23)26-16-14-25(15-17-26)19-10-11-19/h4-5,8-9,19H,2-3,6-7,10-18H2,1H3,(H,24,27). The fourth-order valence-electron chi connectivity index (χ4n) is 5.09. The van der Waals surface area contributed by atoms with Crippen LogP contribution in [0.5, 0.6) is 5.75 Å². The highest BCUT2D eigenvalue weighted by Gasteiger charge is 2.41. The van der Waals surface area contributed by atoms with Crippen LogP contribution in [0.25, 0.3) is 0 Å². The van der Waals surface area contributed by atoms with Gasteiger partial charge in [0.25, 0.3) is 5.91 Å². The van der Waals surface area contributed by atoms with E-state index in [1.807, 2.05) is 31.2 Å². The molecule has 1 aromatic carbocycles. The fraction of sp³-hybridized carbons (Fsp3) is 0.696. The number of nitrogens with one attached hydrogen (secondary N) is 1. The van der Waals surface area contributed by atoms with Gasteiger partial charge in [0, 0.05) is 44.3 Å². The van der Waals surface area contributed by atoms with Crippen molar-refractivity contribution in [1.29, 1.82) is 0 Å². The van der Waals surface area contributed by atoms with Crippen LogP contribution in [-0.4, -0.2) is 66.6 Å². The molecule has 1 aromatic rings. The van der Waals surface area contributed by atoms with Crippen molar-refractivity contribution in [1.82, 2.24) is 15.1 Å². The van der Waals surface area contributed by atoms with Gasteiger partial charge in [-0.2, -0.15) is 0 Å². The first-order chi connectivity index (χ1) is 13.7. The monoisotopic (exact) mass is 385 g/mol. The average Bonchev–Trinajstić information content (AvgIpc) is 3.59. The number of piperazine rings is 1. The molecule has 28 heavy (non-hydrogen) atoms. The summed E-state index contributed by atoms with van der Waals surface area (Å²) in [7, 11) is 0. The van der Waals surface area contributed by atoms with Crippen molar-refractivity contribution >= 4 is 5.91 Å². The summed E-state index contributed by atoms with van der Waals surface area (Å²) in [6, 6.07) is 8.43. The van der Waals surface area contributed by atoms with Crippen LogP contribution >= 0.6 is 0 Å². The van der Waals surface area contributed by atoms with E-state index in [1.165, 1.54) is 58.0 Å². The average molecular weight is 386 g/mol. The van der Waals surface area contributed by atoms with E-state index in [9.17, 15) is 4.79 Å². The lowest BCUT2D eigenvalue weighted by Gasteiger charge is -2.50. The second-order valence-corrected chi connectivity index (χ2v) is 8.65. The summed E-state index contributed by atoms with van der Waals surface area (Å²) in [4.78, 5) is 18.3. The number of benzene rings is 1. The van der Waals surface area contributed by atoms with Crippen LogP contribution in [0.4, 0.5) is 0 Å². The van der Waals surface area contributed by atoms with E-state index in [4.69, 9.17) is 4.74 Å². The van der Waals surface area contributed by atoms with Crippen molar-refractivity contribution in [2.24, 2.45) is 0 Å². The van der Waals surface area contributed by atoms with E-state index in [1.54, 1.807) is 0 Å². The first-order valence-electron chi connectivity index (χ1n) is 11.2. The Kier molecular flexibility index (Phi) is 6.22. The molecule has 0 bridgehead atoms. The minimum atomic E-state index is -0.00869. The molecular weight excluding hydrogens is 350 g/mol. The quantitative estimate of drug-likeness (QED) is 0.782. The van der Waals surface area contributed by atoms with Gasteiger partial charge in [0.05, 0.1) is 12.2 Å². The maximum absolute atomic E-state index is 12.9. The molecule has 3 fully saturated rings. The highest BCUT2D eigenvalue weighted by molar-refractivity contribution is 5.96. The van der Waals surface area contributed by atoms with E-state index in [2.05, 4.69) is 15.1 Å². The summed E-state index contributed by atoms with van der Waals surface area (Å²) in [6.07, 6.45) is 9.04. The molecule has 1 heterocycles. The van der Waals surface area contributed by atoms with Gasteiger partial charge in [0.15, 0.2) is 0 Å². The van der Waals surface area contributed by atoms with Crippen LogP contribution in [0.2, 0.25) is 0 Å². The van der Waals surface area contributed by atoms with Crippen LogP contribution in [0.3, 0.4) is 0 Å². The Morgan fingerprint density at radius 2 is 1.82 bits per heavy atom. The molecule has 0 aromatic heterocycles. The molecule has 0 radical (unpaired) electrons. The van der Waals surface area contributed by atoms with Gasteiger partial charge in [-0.3, -0.25) is 14.6 Å². The third kappa shape index (κ3) is 4.36. The Morgan fingerprint density at radius 1 is 1.11 bits per heavy atom. The predicted molar refractivity (Wildman–Crippen MR) is 112 cm³/mol. The topological polar surface area (TPSA) is 44.8 Å². The Labute approximate surface area is 169 Å². The molecule has 5 nitrogen and oxygen atoms in total. The molecule has 0 spiro atoms. The Balaban J connectivity index is 1.41. The number of amides is 1. The van der Waals surface area contributed by atoms with Gasteiger partial charge < -0.3 is 10.1 Å². The van der Waals surface area contributed by atoms with Crippen LogP contribution in [-0.2, 0) is 0 Å². The smallest absolute Gasteiger partial charge is 0.255 e. The maximum atomic E-state index is 12.9. The van der Waals surface area contributed by atoms with E-state index in [0.717, 1.165) is 25.7 Å². The lowest BCUT2D eigenvalue weighted by atomic mass is 9.79. The van der Waals surface area contributed by atoms with Crippen LogP contribution in [0, 0.1) is 0 Å². The number of para-hydroxylation sites is 1. The Morgan fingerprint density at radius 3 is 2.50 bits per heavy atom. The summed E-state index contributed by atoms with van der Waals surface area (Å²) in [6.45, 7) is 7.92. The molecule has 1 amide bonds. The summed E-state index contributed by atoms with van der Waals surface area (Å²) in [5.74, 6) is 0.670. The fourth-order valence-corrected chi connectivity index (χ4v) is 5.09. The minimum Gasteiger partial charge on any atom is -0.493 e. The number of hydrogen-bond acceptors (Lipinski definition) is 4. The molecular formula is C23H35N3O2. The van der Waals surface area contributed by atoms with Gasteiger partial charge in [-0.15, -0.1) is 0 Å². The number of hydrogen-bond donors (Lipinski definition) is 1. The third-order valence-corrected chi connectivity index (χ3v) is 6.84. The molecule has 154 valence electrons. The van der Waals surface area contributed by atoms with Crippen molar-refractivity contribution in [2.75, 3.05) is 39.3 Å². The minimum absolute atomic E-state index is 0.00869.